The normalized spacial score (nSPS) is 23.1. The highest BCUT2D eigenvalue weighted by Crippen LogP contribution is 2.54. The molecular weight excluding hydrogens is 304 g/mol. The molecule has 3 saturated carbocycles. The molecule has 5 rings (SSSR count). The number of amides is 1. The first-order valence-corrected chi connectivity index (χ1v) is 8.85. The zero-order valence-electron chi connectivity index (χ0n) is 14.1. The number of hydrogen-bond acceptors (Lipinski definition) is 5. The molecule has 3 aliphatic rings. The van der Waals surface area contributed by atoms with E-state index < -0.39 is 0 Å². The molecule has 6 heteroatoms. The van der Waals surface area contributed by atoms with E-state index in [2.05, 4.69) is 27.5 Å². The van der Waals surface area contributed by atoms with E-state index in [1.54, 1.807) is 0 Å². The summed E-state index contributed by atoms with van der Waals surface area (Å²) < 4.78 is 5.75. The Balaban J connectivity index is 1.54. The van der Waals surface area contributed by atoms with Crippen LogP contribution in [0, 0.1) is 12.8 Å². The minimum atomic E-state index is -0.0468. The number of hydrogen-bond donors (Lipinski definition) is 2. The number of aromatic nitrogens is 2. The van der Waals surface area contributed by atoms with Crippen LogP contribution in [-0.2, 0) is 0 Å². The lowest BCUT2D eigenvalue weighted by molar-refractivity contribution is 0.0925. The van der Waals surface area contributed by atoms with Crippen molar-refractivity contribution in [1.29, 1.82) is 0 Å². The monoisotopic (exact) mass is 326 g/mol. The molecule has 0 aliphatic heterocycles. The van der Waals surface area contributed by atoms with Gasteiger partial charge in [0.05, 0.1) is 10.9 Å². The van der Waals surface area contributed by atoms with Crippen LogP contribution in [0.4, 0.5) is 5.82 Å². The van der Waals surface area contributed by atoms with Crippen molar-refractivity contribution >= 4 is 22.8 Å². The Morgan fingerprint density at radius 3 is 2.62 bits per heavy atom. The van der Waals surface area contributed by atoms with Crippen LogP contribution in [0.25, 0.3) is 11.1 Å². The van der Waals surface area contributed by atoms with Crippen molar-refractivity contribution in [1.82, 2.24) is 15.3 Å². The van der Waals surface area contributed by atoms with Gasteiger partial charge >= 0.3 is 0 Å². The molecule has 3 fully saturated rings. The third-order valence-electron chi connectivity index (χ3n) is 5.82. The highest BCUT2D eigenvalue weighted by molar-refractivity contribution is 6.10. The van der Waals surface area contributed by atoms with E-state index >= 15 is 0 Å². The van der Waals surface area contributed by atoms with Gasteiger partial charge in [0.1, 0.15) is 17.9 Å². The number of carbonyl (C=O) groups is 1. The molecule has 6 nitrogen and oxygen atoms in total. The first-order valence-electron chi connectivity index (χ1n) is 8.85. The molecule has 0 radical (unpaired) electrons. The first kappa shape index (κ1) is 14.3. The summed E-state index contributed by atoms with van der Waals surface area (Å²) in [5.74, 6) is 1.94. The predicted molar refractivity (Wildman–Crippen MR) is 90.0 cm³/mol. The molecule has 2 N–H and O–H groups in total. The van der Waals surface area contributed by atoms with Crippen LogP contribution in [0.3, 0.4) is 0 Å². The topological polar surface area (TPSA) is 80.1 Å². The van der Waals surface area contributed by atoms with E-state index in [-0.39, 0.29) is 17.0 Å². The van der Waals surface area contributed by atoms with E-state index in [4.69, 9.17) is 4.42 Å². The van der Waals surface area contributed by atoms with Crippen molar-refractivity contribution in [3.05, 3.63) is 17.7 Å². The van der Waals surface area contributed by atoms with Crippen LogP contribution >= 0.6 is 0 Å². The van der Waals surface area contributed by atoms with E-state index in [1.807, 2.05) is 6.92 Å². The van der Waals surface area contributed by atoms with Crippen LogP contribution < -0.4 is 10.6 Å². The van der Waals surface area contributed by atoms with Crippen molar-refractivity contribution < 1.29 is 9.21 Å². The Hall–Kier alpha value is -2.11. The van der Waals surface area contributed by atoms with Gasteiger partial charge in [-0.25, -0.2) is 9.97 Å². The quantitative estimate of drug-likeness (QED) is 0.882. The Bertz CT molecular complexity index is 844. The van der Waals surface area contributed by atoms with Gasteiger partial charge < -0.3 is 15.1 Å². The molecule has 3 aliphatic carbocycles. The van der Waals surface area contributed by atoms with Crippen molar-refractivity contribution in [2.45, 2.75) is 63.5 Å². The average molecular weight is 326 g/mol. The second-order valence-corrected chi connectivity index (χ2v) is 8.01. The zero-order valence-corrected chi connectivity index (χ0v) is 14.1. The molecule has 0 spiro atoms. The van der Waals surface area contributed by atoms with Gasteiger partial charge in [-0.2, -0.15) is 0 Å². The van der Waals surface area contributed by atoms with Gasteiger partial charge in [0, 0.05) is 11.1 Å². The number of nitrogens with zero attached hydrogens (tertiary/aromatic N) is 2. The summed E-state index contributed by atoms with van der Waals surface area (Å²) in [6.07, 6.45) is 8.38. The van der Waals surface area contributed by atoms with Crippen molar-refractivity contribution in [3.63, 3.8) is 0 Å². The predicted octanol–water partition coefficient (Wildman–Crippen LogP) is 3.17. The fourth-order valence-corrected chi connectivity index (χ4v) is 3.71. The van der Waals surface area contributed by atoms with Crippen LogP contribution in [0.2, 0.25) is 0 Å². The number of furan rings is 1. The second kappa shape index (κ2) is 4.49. The molecule has 2 aromatic rings. The zero-order chi connectivity index (χ0) is 16.5. The Morgan fingerprint density at radius 1 is 1.25 bits per heavy atom. The average Bonchev–Trinajstić information content (AvgIpc) is 3.36. The molecule has 2 heterocycles. The second-order valence-electron chi connectivity index (χ2n) is 8.01. The molecule has 0 saturated heterocycles. The molecule has 1 amide bonds. The van der Waals surface area contributed by atoms with Gasteiger partial charge in [-0.15, -0.1) is 0 Å². The highest BCUT2D eigenvalue weighted by Gasteiger charge is 2.55. The summed E-state index contributed by atoms with van der Waals surface area (Å²) in [6.45, 7) is 4.00. The standard InChI is InChI=1S/C18H22N4O2/c1-10-12(15(23)22-18(7-8-18)11-3-4-11)13-14(21-17(2)5-6-17)19-9-20-16(13)24-10/h9,11H,3-8H2,1-2H3,(H,22,23)(H,19,20,21). The molecule has 2 aromatic heterocycles. The lowest BCUT2D eigenvalue weighted by Crippen LogP contribution is -2.38. The van der Waals surface area contributed by atoms with E-state index in [0.717, 1.165) is 25.7 Å². The Morgan fingerprint density at radius 2 is 2.00 bits per heavy atom. The smallest absolute Gasteiger partial charge is 0.256 e. The maximum absolute atomic E-state index is 13.0. The molecule has 0 aromatic carbocycles. The van der Waals surface area contributed by atoms with E-state index in [9.17, 15) is 4.79 Å². The maximum Gasteiger partial charge on any atom is 0.256 e. The maximum atomic E-state index is 13.0. The summed E-state index contributed by atoms with van der Waals surface area (Å²) in [5, 5.41) is 7.47. The molecule has 0 bridgehead atoms. The van der Waals surface area contributed by atoms with Crippen LogP contribution in [0.5, 0.6) is 0 Å². The van der Waals surface area contributed by atoms with Crippen molar-refractivity contribution in [2.24, 2.45) is 5.92 Å². The molecule has 0 unspecified atom stereocenters. The minimum absolute atomic E-state index is 0.0405. The molecule has 24 heavy (non-hydrogen) atoms. The molecular formula is C18H22N4O2. The third kappa shape index (κ3) is 2.19. The van der Waals surface area contributed by atoms with Gasteiger partial charge in [0.2, 0.25) is 5.71 Å². The molecule has 0 atom stereocenters. The van der Waals surface area contributed by atoms with Crippen LogP contribution in [0.1, 0.15) is 61.6 Å². The number of carbonyl (C=O) groups excluding carboxylic acids is 1. The van der Waals surface area contributed by atoms with Gasteiger partial charge in [-0.3, -0.25) is 4.79 Å². The van der Waals surface area contributed by atoms with E-state index in [1.165, 1.54) is 19.2 Å². The van der Waals surface area contributed by atoms with Gasteiger partial charge in [-0.05, 0) is 58.3 Å². The SMILES string of the molecule is Cc1oc2ncnc(NC3(C)CC3)c2c1C(=O)NC1(C2CC2)CC1. The van der Waals surface area contributed by atoms with Crippen LogP contribution in [0.15, 0.2) is 10.7 Å². The number of rotatable bonds is 5. The van der Waals surface area contributed by atoms with Gasteiger partial charge in [0.25, 0.3) is 5.91 Å². The summed E-state index contributed by atoms with van der Waals surface area (Å²) in [5.41, 5.74) is 1.19. The molecule has 126 valence electrons. The number of nitrogens with one attached hydrogen (secondary N) is 2. The van der Waals surface area contributed by atoms with E-state index in [0.29, 0.717) is 34.2 Å². The highest BCUT2D eigenvalue weighted by atomic mass is 16.3. The number of fused-ring (bicyclic) bond motifs is 1. The van der Waals surface area contributed by atoms with Crippen LogP contribution in [-0.4, -0.2) is 27.0 Å². The lowest BCUT2D eigenvalue weighted by Gasteiger charge is -2.17. The Labute approximate surface area is 140 Å². The number of anilines is 1. The van der Waals surface area contributed by atoms with Crippen molar-refractivity contribution in [2.75, 3.05) is 5.32 Å². The third-order valence-corrected chi connectivity index (χ3v) is 5.82. The number of aryl methyl sites for hydroxylation is 1. The summed E-state index contributed by atoms with van der Waals surface area (Å²) in [6, 6.07) is 0. The fourth-order valence-electron chi connectivity index (χ4n) is 3.71. The fraction of sp³-hybridized carbons (Fsp3) is 0.611. The largest absolute Gasteiger partial charge is 0.442 e. The Kier molecular flexibility index (Phi) is 2.67. The summed E-state index contributed by atoms with van der Waals surface area (Å²) in [7, 11) is 0. The first-order chi connectivity index (χ1) is 11.5. The minimum Gasteiger partial charge on any atom is -0.442 e. The van der Waals surface area contributed by atoms with Crippen molar-refractivity contribution in [3.8, 4) is 0 Å². The van der Waals surface area contributed by atoms with Gasteiger partial charge in [0.15, 0.2) is 0 Å². The van der Waals surface area contributed by atoms with Gasteiger partial charge in [-0.1, -0.05) is 0 Å². The summed E-state index contributed by atoms with van der Waals surface area (Å²) in [4.78, 5) is 21.6. The lowest BCUT2D eigenvalue weighted by atomic mass is 10.1. The summed E-state index contributed by atoms with van der Waals surface area (Å²) >= 11 is 0.